The molecule has 1 saturated carbocycles. The molecule has 6 nitrogen and oxygen atoms in total. The van der Waals surface area contributed by atoms with Crippen LogP contribution in [0.15, 0.2) is 36.9 Å². The third-order valence-electron chi connectivity index (χ3n) is 4.55. The molecule has 0 spiro atoms. The van der Waals surface area contributed by atoms with Gasteiger partial charge in [-0.15, -0.1) is 0 Å². The number of benzene rings is 1. The third-order valence-corrected chi connectivity index (χ3v) is 4.55. The van der Waals surface area contributed by atoms with E-state index in [1.165, 1.54) is 24.8 Å². The summed E-state index contributed by atoms with van der Waals surface area (Å²) in [7, 11) is 0. The smallest absolute Gasteiger partial charge is 0.417 e. The van der Waals surface area contributed by atoms with E-state index in [0.29, 0.717) is 31.2 Å². The van der Waals surface area contributed by atoms with E-state index in [0.717, 1.165) is 12.1 Å². The van der Waals surface area contributed by atoms with Gasteiger partial charge in [0.25, 0.3) is 5.91 Å². The third kappa shape index (κ3) is 4.76. The number of alkyl halides is 3. The van der Waals surface area contributed by atoms with E-state index in [1.807, 2.05) is 0 Å². The van der Waals surface area contributed by atoms with E-state index in [1.54, 1.807) is 6.07 Å². The predicted octanol–water partition coefficient (Wildman–Crippen LogP) is 3.49. The highest BCUT2D eigenvalue weighted by Gasteiger charge is 2.34. The van der Waals surface area contributed by atoms with Gasteiger partial charge in [-0.25, -0.2) is 9.97 Å². The zero-order valence-corrected chi connectivity index (χ0v) is 14.7. The second kappa shape index (κ2) is 8.25. The summed E-state index contributed by atoms with van der Waals surface area (Å²) in [6.45, 7) is 0. The lowest BCUT2D eigenvalue weighted by Gasteiger charge is -2.29. The molecular weight excluding hydrogens is 373 g/mol. The Kier molecular flexibility index (Phi) is 5.78. The molecule has 0 radical (unpaired) electrons. The fraction of sp³-hybridized carbons (Fsp3) is 0.368. The molecular formula is C19H17F3N4O2. The molecule has 3 rings (SSSR count). The maximum absolute atomic E-state index is 13.1. The van der Waals surface area contributed by atoms with Gasteiger partial charge in [-0.3, -0.25) is 4.79 Å². The first-order chi connectivity index (χ1) is 13.4. The minimum Gasteiger partial charge on any atom is -0.490 e. The first-order valence-electron chi connectivity index (χ1n) is 8.70. The highest BCUT2D eigenvalue weighted by atomic mass is 19.4. The van der Waals surface area contributed by atoms with Crippen LogP contribution in [0.5, 0.6) is 5.75 Å². The van der Waals surface area contributed by atoms with Gasteiger partial charge in [-0.2, -0.15) is 18.4 Å². The number of amides is 1. The van der Waals surface area contributed by atoms with Crippen LogP contribution in [0.25, 0.3) is 0 Å². The van der Waals surface area contributed by atoms with Crippen molar-refractivity contribution in [2.45, 2.75) is 44.0 Å². The molecule has 1 aliphatic carbocycles. The van der Waals surface area contributed by atoms with Gasteiger partial charge in [0.2, 0.25) is 0 Å². The summed E-state index contributed by atoms with van der Waals surface area (Å²) in [5.74, 6) is -0.174. The van der Waals surface area contributed by atoms with Crippen molar-refractivity contribution in [3.63, 3.8) is 0 Å². The minimum absolute atomic E-state index is 0.0424. The number of halogens is 3. The fourth-order valence-electron chi connectivity index (χ4n) is 3.13. The monoisotopic (exact) mass is 390 g/mol. The van der Waals surface area contributed by atoms with Gasteiger partial charge in [0, 0.05) is 18.4 Å². The zero-order chi connectivity index (χ0) is 20.1. The van der Waals surface area contributed by atoms with Crippen LogP contribution in [0.3, 0.4) is 0 Å². The molecule has 2 aromatic rings. The maximum Gasteiger partial charge on any atom is 0.417 e. The second-order valence-electron chi connectivity index (χ2n) is 6.51. The molecule has 1 aromatic carbocycles. The lowest BCUT2D eigenvalue weighted by Crippen LogP contribution is -2.39. The molecule has 0 atom stereocenters. The van der Waals surface area contributed by atoms with Crippen LogP contribution in [0.4, 0.5) is 13.2 Å². The first-order valence-corrected chi connectivity index (χ1v) is 8.70. The number of nitriles is 1. The van der Waals surface area contributed by atoms with E-state index < -0.39 is 17.3 Å². The average molecular weight is 390 g/mol. The Bertz CT molecular complexity index is 873. The zero-order valence-electron chi connectivity index (χ0n) is 14.7. The van der Waals surface area contributed by atoms with Crippen molar-refractivity contribution in [1.82, 2.24) is 15.3 Å². The standard InChI is InChI=1S/C19H17F3N4O2/c20-19(21,22)17-7-16(4-1-12(17)8-23)28-15-5-2-14(3-6-15)26-18(27)13-9-24-11-25-10-13/h1,4,7,9-11,14-15H,2-3,5-6H2,(H,26,27). The molecule has 1 fully saturated rings. The van der Waals surface area contributed by atoms with Crippen LogP contribution in [0.1, 0.15) is 47.2 Å². The molecule has 0 aliphatic heterocycles. The van der Waals surface area contributed by atoms with E-state index in [-0.39, 0.29) is 23.8 Å². The van der Waals surface area contributed by atoms with Gasteiger partial charge in [-0.05, 0) is 43.9 Å². The molecule has 1 heterocycles. The Morgan fingerprint density at radius 2 is 1.86 bits per heavy atom. The first kappa shape index (κ1) is 19.6. The van der Waals surface area contributed by atoms with Gasteiger partial charge in [0.15, 0.2) is 0 Å². The number of carbonyl (C=O) groups is 1. The molecule has 0 unspecified atom stereocenters. The van der Waals surface area contributed by atoms with Crippen LogP contribution in [-0.4, -0.2) is 28.0 Å². The Balaban J connectivity index is 1.56. The fourth-order valence-corrected chi connectivity index (χ4v) is 3.13. The number of nitrogens with zero attached hydrogens (tertiary/aromatic N) is 3. The van der Waals surface area contributed by atoms with Crippen LogP contribution < -0.4 is 10.1 Å². The van der Waals surface area contributed by atoms with Gasteiger partial charge in [-0.1, -0.05) is 0 Å². The van der Waals surface area contributed by atoms with Gasteiger partial charge in [0.1, 0.15) is 12.1 Å². The molecule has 1 N–H and O–H groups in total. The molecule has 1 amide bonds. The minimum atomic E-state index is -4.62. The van der Waals surface area contributed by atoms with E-state index in [2.05, 4.69) is 15.3 Å². The Morgan fingerprint density at radius 3 is 2.46 bits per heavy atom. The van der Waals surface area contributed by atoms with Crippen molar-refractivity contribution < 1.29 is 22.7 Å². The number of hydrogen-bond acceptors (Lipinski definition) is 5. The van der Waals surface area contributed by atoms with Crippen molar-refractivity contribution in [2.24, 2.45) is 0 Å². The van der Waals surface area contributed by atoms with Crippen LogP contribution >= 0.6 is 0 Å². The van der Waals surface area contributed by atoms with Gasteiger partial charge < -0.3 is 10.1 Å². The summed E-state index contributed by atoms with van der Waals surface area (Å²) >= 11 is 0. The van der Waals surface area contributed by atoms with Crippen molar-refractivity contribution in [3.05, 3.63) is 53.6 Å². The maximum atomic E-state index is 13.1. The molecule has 1 aromatic heterocycles. The summed E-state index contributed by atoms with van der Waals surface area (Å²) in [5.41, 5.74) is -1.06. The summed E-state index contributed by atoms with van der Waals surface area (Å²) in [4.78, 5) is 19.7. The largest absolute Gasteiger partial charge is 0.490 e. The molecule has 146 valence electrons. The summed E-state index contributed by atoms with van der Waals surface area (Å²) in [5, 5.41) is 11.7. The van der Waals surface area contributed by atoms with E-state index >= 15 is 0 Å². The quantitative estimate of drug-likeness (QED) is 0.864. The van der Waals surface area contributed by atoms with E-state index in [4.69, 9.17) is 10.00 Å². The molecule has 1 aliphatic rings. The Labute approximate surface area is 159 Å². The number of ether oxygens (including phenoxy) is 1. The number of hydrogen-bond donors (Lipinski definition) is 1. The summed E-state index contributed by atoms with van der Waals surface area (Å²) in [6.07, 6.45) is 1.82. The van der Waals surface area contributed by atoms with E-state index in [9.17, 15) is 18.0 Å². The predicted molar refractivity (Wildman–Crippen MR) is 92.3 cm³/mol. The van der Waals surface area contributed by atoms with Crippen LogP contribution in [-0.2, 0) is 6.18 Å². The van der Waals surface area contributed by atoms with Gasteiger partial charge >= 0.3 is 6.18 Å². The van der Waals surface area contributed by atoms with Crippen LogP contribution in [0.2, 0.25) is 0 Å². The Hall–Kier alpha value is -3.15. The Morgan fingerprint density at radius 1 is 1.18 bits per heavy atom. The topological polar surface area (TPSA) is 87.9 Å². The summed E-state index contributed by atoms with van der Waals surface area (Å²) < 4.78 is 44.8. The molecule has 28 heavy (non-hydrogen) atoms. The van der Waals surface area contributed by atoms with Crippen molar-refractivity contribution >= 4 is 5.91 Å². The molecule has 0 bridgehead atoms. The average Bonchev–Trinajstić information content (AvgIpc) is 2.69. The highest BCUT2D eigenvalue weighted by molar-refractivity contribution is 5.93. The molecule has 0 saturated heterocycles. The summed E-state index contributed by atoms with van der Waals surface area (Å²) in [6, 6.07) is 4.86. The van der Waals surface area contributed by atoms with Crippen LogP contribution in [0, 0.1) is 11.3 Å². The second-order valence-corrected chi connectivity index (χ2v) is 6.51. The number of aromatic nitrogens is 2. The normalized spacial score (nSPS) is 19.5. The number of rotatable bonds is 4. The van der Waals surface area contributed by atoms with Crippen molar-refractivity contribution in [2.75, 3.05) is 0 Å². The lowest BCUT2D eigenvalue weighted by molar-refractivity contribution is -0.137. The number of nitrogens with one attached hydrogen (secondary N) is 1. The van der Waals surface area contributed by atoms with Gasteiger partial charge in [0.05, 0.1) is 28.9 Å². The molecule has 9 heteroatoms. The van der Waals surface area contributed by atoms with Crippen molar-refractivity contribution in [1.29, 1.82) is 5.26 Å². The lowest BCUT2D eigenvalue weighted by atomic mass is 9.92. The highest BCUT2D eigenvalue weighted by Crippen LogP contribution is 2.35. The van der Waals surface area contributed by atoms with Crippen molar-refractivity contribution in [3.8, 4) is 11.8 Å². The SMILES string of the molecule is N#Cc1ccc(OC2CCC(NC(=O)c3cncnc3)CC2)cc1C(F)(F)F. The number of carbonyl (C=O) groups excluding carboxylic acids is 1.